The number of rotatable bonds is 3. The van der Waals surface area contributed by atoms with Gasteiger partial charge in [0, 0.05) is 22.5 Å². The molecule has 11 aromatic carbocycles. The molecule has 0 spiro atoms. The average Bonchev–Trinajstić information content (AvgIpc) is 3.53. The monoisotopic (exact) mass is 779 g/mol. The second kappa shape index (κ2) is 12.4. The molecular weight excluding hydrogens is 743 g/mol. The van der Waals surface area contributed by atoms with Crippen LogP contribution in [0.3, 0.4) is 0 Å². The van der Waals surface area contributed by atoms with Crippen LogP contribution in [0.5, 0.6) is 0 Å². The van der Waals surface area contributed by atoms with Crippen LogP contribution in [-0.2, 0) is 5.41 Å². The molecule has 0 N–H and O–H groups in total. The molecule has 3 nitrogen and oxygen atoms in total. The van der Waals surface area contributed by atoms with E-state index in [0.29, 0.717) is 21.9 Å². The van der Waals surface area contributed by atoms with Crippen molar-refractivity contribution in [3.8, 4) is 11.1 Å². The molecule has 0 bridgehead atoms. The fourth-order valence-electron chi connectivity index (χ4n) is 10.7. The lowest BCUT2D eigenvalue weighted by atomic mass is 9.82. The van der Waals surface area contributed by atoms with Crippen LogP contribution in [-0.4, -0.2) is 0 Å². The quantitative estimate of drug-likeness (QED) is 0.132. The fourth-order valence-corrected chi connectivity index (χ4v) is 10.7. The lowest BCUT2D eigenvalue weighted by Gasteiger charge is -2.29. The normalized spacial score (nSPS) is 13.3. The van der Waals surface area contributed by atoms with Gasteiger partial charge in [-0.3, -0.25) is 4.79 Å². The van der Waals surface area contributed by atoms with Gasteiger partial charge in [0.2, 0.25) is 5.43 Å². The molecular formula is C58H37NO2. The Morgan fingerprint density at radius 3 is 1.25 bits per heavy atom. The van der Waals surface area contributed by atoms with Crippen LogP contribution in [0.15, 0.2) is 197 Å². The van der Waals surface area contributed by atoms with E-state index in [2.05, 4.69) is 183 Å². The van der Waals surface area contributed by atoms with E-state index in [9.17, 15) is 4.79 Å². The van der Waals surface area contributed by atoms with E-state index in [1.54, 1.807) is 0 Å². The van der Waals surface area contributed by atoms with Crippen LogP contribution in [0.4, 0.5) is 17.1 Å². The molecule has 1 aromatic heterocycles. The van der Waals surface area contributed by atoms with Gasteiger partial charge < -0.3 is 9.32 Å². The summed E-state index contributed by atoms with van der Waals surface area (Å²) < 4.78 is 6.39. The molecule has 61 heavy (non-hydrogen) atoms. The number of benzene rings is 11. The van der Waals surface area contributed by atoms with E-state index < -0.39 is 0 Å². The number of anilines is 3. The number of hydrogen-bond donors (Lipinski definition) is 0. The minimum atomic E-state index is -0.379. The van der Waals surface area contributed by atoms with Crippen molar-refractivity contribution in [1.29, 1.82) is 0 Å². The number of hydrogen-bond acceptors (Lipinski definition) is 3. The van der Waals surface area contributed by atoms with E-state index in [-0.39, 0.29) is 10.8 Å². The molecule has 0 radical (unpaired) electrons. The molecule has 12 aromatic rings. The van der Waals surface area contributed by atoms with Gasteiger partial charge >= 0.3 is 0 Å². The Morgan fingerprint density at radius 1 is 0.344 bits per heavy atom. The van der Waals surface area contributed by atoms with Crippen molar-refractivity contribution < 1.29 is 4.42 Å². The topological polar surface area (TPSA) is 33.5 Å². The van der Waals surface area contributed by atoms with Crippen LogP contribution < -0.4 is 10.3 Å². The Morgan fingerprint density at radius 2 is 0.738 bits per heavy atom. The van der Waals surface area contributed by atoms with Gasteiger partial charge in [-0.2, -0.15) is 0 Å². The molecule has 1 heterocycles. The van der Waals surface area contributed by atoms with Gasteiger partial charge in [-0.1, -0.05) is 141 Å². The summed E-state index contributed by atoms with van der Waals surface area (Å²) in [5.74, 6) is 0. The fraction of sp³-hybridized carbons (Fsp3) is 0.0517. The second-order valence-corrected chi connectivity index (χ2v) is 17.2. The van der Waals surface area contributed by atoms with Gasteiger partial charge in [0.25, 0.3) is 0 Å². The predicted molar refractivity (Wildman–Crippen MR) is 257 cm³/mol. The second-order valence-electron chi connectivity index (χ2n) is 17.2. The first kappa shape index (κ1) is 34.1. The number of para-hydroxylation sites is 1. The highest BCUT2D eigenvalue weighted by Crippen LogP contribution is 2.52. The van der Waals surface area contributed by atoms with Crippen molar-refractivity contribution in [3.63, 3.8) is 0 Å². The van der Waals surface area contributed by atoms with Gasteiger partial charge in [0.15, 0.2) is 0 Å². The molecule has 0 unspecified atom stereocenters. The zero-order chi connectivity index (χ0) is 40.6. The first-order valence-corrected chi connectivity index (χ1v) is 21.0. The van der Waals surface area contributed by atoms with Crippen LogP contribution in [0.25, 0.3) is 97.7 Å². The standard InChI is InChI=1S/C58H37NO2/c1-58(2)53-31-36(25-28-47(53)51-33-56-52(32-54(51)58)57(60)48-21-11-12-22-55(48)61-56)59(34-23-26-45-41-17-5-3-13-37(41)39-15-7-9-19-43(39)49(45)29-34)35-24-27-46-42-18-6-4-14-38(42)40-16-8-10-20-44(40)50(46)30-35/h3-33H,1-2H3. The minimum Gasteiger partial charge on any atom is -0.456 e. The summed E-state index contributed by atoms with van der Waals surface area (Å²) in [5.41, 5.74) is 8.70. The first-order valence-electron chi connectivity index (χ1n) is 21.0. The van der Waals surface area contributed by atoms with Crippen molar-refractivity contribution in [1.82, 2.24) is 0 Å². The van der Waals surface area contributed by atoms with Crippen LogP contribution in [0, 0.1) is 0 Å². The van der Waals surface area contributed by atoms with Gasteiger partial charge in [-0.25, -0.2) is 0 Å². The highest BCUT2D eigenvalue weighted by atomic mass is 16.3. The molecule has 286 valence electrons. The lowest BCUT2D eigenvalue weighted by molar-refractivity contribution is 0.652. The van der Waals surface area contributed by atoms with Crippen LogP contribution in [0.1, 0.15) is 25.0 Å². The summed E-state index contributed by atoms with van der Waals surface area (Å²) in [5, 5.41) is 16.2. The van der Waals surface area contributed by atoms with Crippen molar-refractivity contribution in [2.45, 2.75) is 19.3 Å². The molecule has 0 amide bonds. The maximum absolute atomic E-state index is 13.9. The smallest absolute Gasteiger partial charge is 0.200 e. The maximum Gasteiger partial charge on any atom is 0.200 e. The molecule has 13 rings (SSSR count). The largest absolute Gasteiger partial charge is 0.456 e. The molecule has 3 heteroatoms. The van der Waals surface area contributed by atoms with E-state index in [4.69, 9.17) is 4.42 Å². The lowest BCUT2D eigenvalue weighted by Crippen LogP contribution is -2.17. The van der Waals surface area contributed by atoms with E-state index in [1.165, 1.54) is 70.2 Å². The molecule has 1 aliphatic rings. The average molecular weight is 780 g/mol. The maximum atomic E-state index is 13.9. The van der Waals surface area contributed by atoms with E-state index in [1.807, 2.05) is 24.3 Å². The Hall–Kier alpha value is -7.75. The molecule has 0 saturated heterocycles. The summed E-state index contributed by atoms with van der Waals surface area (Å²) in [6, 6.07) is 67.7. The zero-order valence-electron chi connectivity index (χ0n) is 33.7. The van der Waals surface area contributed by atoms with E-state index >= 15 is 0 Å². The number of nitrogens with zero attached hydrogens (tertiary/aromatic N) is 1. The highest BCUT2D eigenvalue weighted by Gasteiger charge is 2.37. The van der Waals surface area contributed by atoms with Crippen LogP contribution in [0.2, 0.25) is 0 Å². The molecule has 0 fully saturated rings. The third-order valence-electron chi connectivity index (χ3n) is 13.6. The zero-order valence-corrected chi connectivity index (χ0v) is 33.7. The van der Waals surface area contributed by atoms with Gasteiger partial charge in [-0.05, 0) is 148 Å². The van der Waals surface area contributed by atoms with Crippen molar-refractivity contribution in [2.75, 3.05) is 4.90 Å². The minimum absolute atomic E-state index is 0.00600. The van der Waals surface area contributed by atoms with Crippen molar-refractivity contribution in [2.24, 2.45) is 0 Å². The van der Waals surface area contributed by atoms with Crippen LogP contribution >= 0.6 is 0 Å². The first-order chi connectivity index (χ1) is 29.9. The van der Waals surface area contributed by atoms with Crippen molar-refractivity contribution >= 4 is 104 Å². The molecule has 0 aliphatic heterocycles. The van der Waals surface area contributed by atoms with Gasteiger partial charge in [-0.15, -0.1) is 0 Å². The summed E-state index contributed by atoms with van der Waals surface area (Å²) in [7, 11) is 0. The Balaban J connectivity index is 1.07. The summed E-state index contributed by atoms with van der Waals surface area (Å²) in [6.07, 6.45) is 0. The third-order valence-corrected chi connectivity index (χ3v) is 13.6. The molecule has 0 saturated carbocycles. The van der Waals surface area contributed by atoms with E-state index in [0.717, 1.165) is 33.8 Å². The summed E-state index contributed by atoms with van der Waals surface area (Å²) in [4.78, 5) is 16.3. The Labute approximate surface area is 351 Å². The molecule has 1 aliphatic carbocycles. The summed E-state index contributed by atoms with van der Waals surface area (Å²) in [6.45, 7) is 4.56. The highest BCUT2D eigenvalue weighted by molar-refractivity contribution is 6.27. The van der Waals surface area contributed by atoms with Gasteiger partial charge in [0.05, 0.1) is 10.8 Å². The summed E-state index contributed by atoms with van der Waals surface area (Å²) >= 11 is 0. The van der Waals surface area contributed by atoms with Gasteiger partial charge in [0.1, 0.15) is 11.2 Å². The third kappa shape index (κ3) is 4.77. The Bertz CT molecular complexity index is 3720. The Kier molecular flexibility index (Phi) is 6.93. The molecule has 0 atom stereocenters. The number of fused-ring (bicyclic) bond motifs is 17. The van der Waals surface area contributed by atoms with Crippen molar-refractivity contribution in [3.05, 3.63) is 209 Å². The SMILES string of the molecule is CC1(C)c2cc(N(c3ccc4c5ccccc5c5ccccc5c4c3)c3ccc4c5ccccc5c5ccccc5c4c3)ccc2-c2cc3oc4ccccc4c(=O)c3cc21. The predicted octanol–water partition coefficient (Wildman–Crippen LogP) is 15.6.